The molecule has 2 aromatic rings. The fraction of sp³-hybridized carbons (Fsp3) is 0.353. The summed E-state index contributed by atoms with van der Waals surface area (Å²) < 4.78 is 0.774. The van der Waals surface area contributed by atoms with Crippen LogP contribution in [0.2, 0.25) is 0 Å². The molecule has 1 heterocycles. The molecule has 24 heavy (non-hydrogen) atoms. The van der Waals surface area contributed by atoms with Crippen LogP contribution in [0.15, 0.2) is 47.3 Å². The maximum Gasteiger partial charge on any atom is 0.240 e. The maximum absolute atomic E-state index is 12.9. The van der Waals surface area contributed by atoms with E-state index in [1.54, 1.807) is 6.08 Å². The second-order valence-corrected chi connectivity index (χ2v) is 7.29. The zero-order valence-electron chi connectivity index (χ0n) is 13.9. The molecule has 1 amide bonds. The predicted octanol–water partition coefficient (Wildman–Crippen LogP) is 3.84. The topological polar surface area (TPSA) is 58.1 Å². The molecule has 5 nitrogen and oxygen atoms in total. The van der Waals surface area contributed by atoms with E-state index in [1.165, 1.54) is 23.1 Å². The molecule has 0 aliphatic rings. The number of hydrogen-bond acceptors (Lipinski definition) is 6. The Morgan fingerprint density at radius 2 is 2.04 bits per heavy atom. The van der Waals surface area contributed by atoms with Gasteiger partial charge in [-0.25, -0.2) is 0 Å². The van der Waals surface area contributed by atoms with Crippen LogP contribution in [0, 0.1) is 0 Å². The fourth-order valence-electron chi connectivity index (χ4n) is 2.18. The highest BCUT2D eigenvalue weighted by Gasteiger charge is 2.27. The number of benzene rings is 1. The minimum atomic E-state index is -0.314. The van der Waals surface area contributed by atoms with E-state index in [9.17, 15) is 4.79 Å². The van der Waals surface area contributed by atoms with Gasteiger partial charge in [-0.3, -0.25) is 4.79 Å². The molecule has 0 saturated heterocycles. The van der Waals surface area contributed by atoms with E-state index in [1.807, 2.05) is 49.1 Å². The van der Waals surface area contributed by atoms with Gasteiger partial charge in [0.15, 0.2) is 4.34 Å². The molecule has 2 rings (SSSR count). The van der Waals surface area contributed by atoms with Crippen LogP contribution in [0.3, 0.4) is 0 Å². The number of carbonyl (C=O) groups is 1. The van der Waals surface area contributed by atoms with Crippen LogP contribution in [0.25, 0.3) is 0 Å². The van der Waals surface area contributed by atoms with E-state index in [0.717, 1.165) is 15.0 Å². The van der Waals surface area contributed by atoms with Gasteiger partial charge in [-0.05, 0) is 19.4 Å². The molecular formula is C17H22N4OS2. The summed E-state index contributed by atoms with van der Waals surface area (Å²) in [5.74, 6) is 0.104. The van der Waals surface area contributed by atoms with Crippen LogP contribution in [0.1, 0.15) is 24.7 Å². The van der Waals surface area contributed by atoms with Gasteiger partial charge in [0.25, 0.3) is 0 Å². The lowest BCUT2D eigenvalue weighted by Gasteiger charge is -2.24. The molecule has 1 unspecified atom stereocenters. The first-order valence-electron chi connectivity index (χ1n) is 7.88. The summed E-state index contributed by atoms with van der Waals surface area (Å²) in [6, 6.07) is 9.83. The van der Waals surface area contributed by atoms with Gasteiger partial charge in [0.1, 0.15) is 5.25 Å². The second-order valence-electron chi connectivity index (χ2n) is 4.96. The number of anilines is 1. The van der Waals surface area contributed by atoms with Gasteiger partial charge in [-0.2, -0.15) is 0 Å². The zero-order valence-corrected chi connectivity index (χ0v) is 15.6. The zero-order chi connectivity index (χ0) is 17.4. The first-order chi connectivity index (χ1) is 11.7. The number of hydrogen-bond donors (Lipinski definition) is 1. The minimum absolute atomic E-state index is 0.104. The number of likely N-dealkylation sites (N-methyl/N-ethyl adjacent to an activating group) is 1. The highest BCUT2D eigenvalue weighted by molar-refractivity contribution is 8.01. The Morgan fingerprint density at radius 1 is 1.33 bits per heavy atom. The van der Waals surface area contributed by atoms with Crippen LogP contribution < -0.4 is 5.32 Å². The lowest BCUT2D eigenvalue weighted by molar-refractivity contribution is -0.130. The number of amides is 1. The lowest BCUT2D eigenvalue weighted by Crippen LogP contribution is -2.33. The summed E-state index contributed by atoms with van der Waals surface area (Å²) in [7, 11) is 0. The summed E-state index contributed by atoms with van der Waals surface area (Å²) in [6.07, 6.45) is 1.77. The third kappa shape index (κ3) is 4.82. The number of carbonyl (C=O) groups excluding carboxylic acids is 1. The smallest absolute Gasteiger partial charge is 0.240 e. The normalized spacial score (nSPS) is 11.8. The van der Waals surface area contributed by atoms with Crippen LogP contribution >= 0.6 is 23.1 Å². The molecule has 128 valence electrons. The van der Waals surface area contributed by atoms with E-state index in [-0.39, 0.29) is 11.2 Å². The highest BCUT2D eigenvalue weighted by Crippen LogP contribution is 2.38. The van der Waals surface area contributed by atoms with Crippen LogP contribution in [0.4, 0.5) is 5.13 Å². The van der Waals surface area contributed by atoms with E-state index in [4.69, 9.17) is 0 Å². The van der Waals surface area contributed by atoms with Gasteiger partial charge in [0.2, 0.25) is 11.0 Å². The minimum Gasteiger partial charge on any atom is -0.357 e. The van der Waals surface area contributed by atoms with E-state index in [2.05, 4.69) is 22.1 Å². The molecule has 1 aromatic carbocycles. The molecule has 0 aliphatic heterocycles. The average molecular weight is 363 g/mol. The van der Waals surface area contributed by atoms with E-state index >= 15 is 0 Å². The summed E-state index contributed by atoms with van der Waals surface area (Å²) >= 11 is 2.90. The van der Waals surface area contributed by atoms with Gasteiger partial charge in [0, 0.05) is 19.6 Å². The Balaban J connectivity index is 2.21. The number of nitrogens with one attached hydrogen (secondary N) is 1. The largest absolute Gasteiger partial charge is 0.357 e. The first kappa shape index (κ1) is 18.5. The molecule has 0 radical (unpaired) electrons. The molecule has 1 atom stereocenters. The third-order valence-corrected chi connectivity index (χ3v) is 5.63. The maximum atomic E-state index is 12.9. The molecule has 0 spiro atoms. The standard InChI is InChI=1S/C17H22N4OS2/c1-4-12-18-16-19-20-17(24-16)23-14(13-10-8-7-9-11-13)15(22)21(5-2)6-3/h4,7-11,14H,1,5-6,12H2,2-3H3,(H,18,19). The summed E-state index contributed by atoms with van der Waals surface area (Å²) in [5, 5.41) is 11.8. The van der Waals surface area contributed by atoms with E-state index < -0.39 is 0 Å². The second kappa shape index (κ2) is 9.44. The molecule has 0 aliphatic carbocycles. The van der Waals surface area contributed by atoms with E-state index in [0.29, 0.717) is 19.6 Å². The number of thioether (sulfide) groups is 1. The number of aromatic nitrogens is 2. The van der Waals surface area contributed by atoms with Crippen LogP contribution in [0.5, 0.6) is 0 Å². The van der Waals surface area contributed by atoms with Crippen molar-refractivity contribution in [1.29, 1.82) is 0 Å². The van der Waals surface area contributed by atoms with Crippen LogP contribution in [-0.2, 0) is 4.79 Å². The van der Waals surface area contributed by atoms with Crippen molar-refractivity contribution < 1.29 is 4.79 Å². The Morgan fingerprint density at radius 3 is 2.67 bits per heavy atom. The van der Waals surface area contributed by atoms with Gasteiger partial charge in [-0.15, -0.1) is 16.8 Å². The number of rotatable bonds is 9. The Labute approximate surface area is 151 Å². The average Bonchev–Trinajstić information content (AvgIpc) is 3.07. The molecule has 1 N–H and O–H groups in total. The summed E-state index contributed by atoms with van der Waals surface area (Å²) in [5.41, 5.74) is 0.982. The molecular weight excluding hydrogens is 340 g/mol. The molecule has 0 fully saturated rings. The molecule has 0 bridgehead atoms. The van der Waals surface area contributed by atoms with Crippen molar-refractivity contribution in [3.63, 3.8) is 0 Å². The van der Waals surface area contributed by atoms with Crippen molar-refractivity contribution in [3.05, 3.63) is 48.6 Å². The van der Waals surface area contributed by atoms with Crippen molar-refractivity contribution >= 4 is 34.1 Å². The van der Waals surface area contributed by atoms with Crippen LogP contribution in [-0.4, -0.2) is 40.6 Å². The van der Waals surface area contributed by atoms with Gasteiger partial charge in [0.05, 0.1) is 0 Å². The molecule has 7 heteroatoms. The van der Waals surface area contributed by atoms with Crippen molar-refractivity contribution in [2.24, 2.45) is 0 Å². The van der Waals surface area contributed by atoms with Crippen molar-refractivity contribution in [3.8, 4) is 0 Å². The summed E-state index contributed by atoms with van der Waals surface area (Å²) in [4.78, 5) is 14.8. The number of nitrogens with zero attached hydrogens (tertiary/aromatic N) is 3. The van der Waals surface area contributed by atoms with Gasteiger partial charge < -0.3 is 10.2 Å². The lowest BCUT2D eigenvalue weighted by atomic mass is 10.1. The molecule has 0 saturated carbocycles. The van der Waals surface area contributed by atoms with Gasteiger partial charge >= 0.3 is 0 Å². The Kier molecular flexibility index (Phi) is 7.27. The molecule has 1 aromatic heterocycles. The monoisotopic (exact) mass is 362 g/mol. The fourth-order valence-corrected chi connectivity index (χ4v) is 4.21. The Bertz CT molecular complexity index is 656. The quantitative estimate of drug-likeness (QED) is 0.542. The van der Waals surface area contributed by atoms with Crippen molar-refractivity contribution in [2.75, 3.05) is 25.0 Å². The van der Waals surface area contributed by atoms with Crippen molar-refractivity contribution in [2.45, 2.75) is 23.4 Å². The Hall–Kier alpha value is -1.86. The predicted molar refractivity (Wildman–Crippen MR) is 102 cm³/mol. The SMILES string of the molecule is C=CCNc1nnc(SC(C(=O)N(CC)CC)c2ccccc2)s1. The third-order valence-electron chi connectivity index (χ3n) is 3.42. The summed E-state index contributed by atoms with van der Waals surface area (Å²) in [6.45, 7) is 9.69. The van der Waals surface area contributed by atoms with Gasteiger partial charge in [-0.1, -0.05) is 59.5 Å². The first-order valence-corrected chi connectivity index (χ1v) is 9.57. The van der Waals surface area contributed by atoms with Crippen molar-refractivity contribution in [1.82, 2.24) is 15.1 Å². The highest BCUT2D eigenvalue weighted by atomic mass is 32.2.